The molecule has 0 spiro atoms. The molecule has 1 saturated heterocycles. The normalized spacial score (nSPS) is 24.6. The van der Waals surface area contributed by atoms with E-state index in [2.05, 4.69) is 5.32 Å². The van der Waals surface area contributed by atoms with Gasteiger partial charge in [-0.25, -0.2) is 4.79 Å². The van der Waals surface area contributed by atoms with Gasteiger partial charge in [-0.15, -0.1) is 23.2 Å². The van der Waals surface area contributed by atoms with Crippen LogP contribution in [0, 0.1) is 17.8 Å². The molecule has 228 valence electrons. The van der Waals surface area contributed by atoms with Gasteiger partial charge in [-0.05, 0) is 65.3 Å². The number of nitrogens with one attached hydrogen (secondary N) is 1. The number of unbranched alkanes of at least 4 members (excludes halogenated alkanes) is 2. The number of esters is 1. The Kier molecular flexibility index (Phi) is 8.05. The molecule has 7 rings (SSSR count). The summed E-state index contributed by atoms with van der Waals surface area (Å²) in [5.74, 6) is -2.48. The number of hydrogen-bond acceptors (Lipinski definition) is 5. The average molecular weight is 634 g/mol. The van der Waals surface area contributed by atoms with Crippen LogP contribution < -0.4 is 5.32 Å². The first-order chi connectivity index (χ1) is 21.1. The van der Waals surface area contributed by atoms with Gasteiger partial charge in [-0.2, -0.15) is 0 Å². The zero-order valence-corrected chi connectivity index (χ0v) is 26.2. The predicted molar refractivity (Wildman–Crippen MR) is 169 cm³/mol. The van der Waals surface area contributed by atoms with E-state index in [0.29, 0.717) is 37.1 Å². The van der Waals surface area contributed by atoms with Crippen molar-refractivity contribution >= 4 is 52.6 Å². The second kappa shape index (κ2) is 11.7. The van der Waals surface area contributed by atoms with Gasteiger partial charge in [0.1, 0.15) is 9.75 Å². The van der Waals surface area contributed by atoms with E-state index in [1.54, 1.807) is 24.3 Å². The largest absolute Gasteiger partial charge is 0.462 e. The van der Waals surface area contributed by atoms with Crippen LogP contribution in [0.1, 0.15) is 72.1 Å². The third kappa shape index (κ3) is 4.81. The van der Waals surface area contributed by atoms with Crippen LogP contribution in [-0.2, 0) is 28.9 Å². The van der Waals surface area contributed by atoms with E-state index in [1.807, 2.05) is 62.4 Å². The summed E-state index contributed by atoms with van der Waals surface area (Å²) in [6, 6.07) is 21.8. The van der Waals surface area contributed by atoms with Crippen molar-refractivity contribution in [3.63, 3.8) is 0 Å². The molecule has 1 N–H and O–H groups in total. The van der Waals surface area contributed by atoms with Crippen molar-refractivity contribution in [1.29, 1.82) is 0 Å². The molecule has 3 aliphatic carbocycles. The lowest BCUT2D eigenvalue weighted by Gasteiger charge is -2.54. The molecule has 0 saturated carbocycles. The molecule has 44 heavy (non-hydrogen) atoms. The van der Waals surface area contributed by atoms with Crippen molar-refractivity contribution in [3.05, 3.63) is 101 Å². The van der Waals surface area contributed by atoms with Gasteiger partial charge >= 0.3 is 5.97 Å². The minimum atomic E-state index is -1.18. The fourth-order valence-corrected chi connectivity index (χ4v) is 8.01. The zero-order chi connectivity index (χ0) is 31.2. The summed E-state index contributed by atoms with van der Waals surface area (Å²) < 4.78 is 5.23. The number of imide groups is 1. The van der Waals surface area contributed by atoms with Crippen molar-refractivity contribution in [3.8, 4) is 0 Å². The second-order valence-electron chi connectivity index (χ2n) is 12.2. The zero-order valence-electron chi connectivity index (χ0n) is 24.6. The van der Waals surface area contributed by atoms with Crippen LogP contribution >= 0.6 is 23.2 Å². The van der Waals surface area contributed by atoms with Gasteiger partial charge in [0.15, 0.2) is 0 Å². The molecule has 2 bridgehead atoms. The number of alkyl halides is 2. The minimum Gasteiger partial charge on any atom is -0.462 e. The fraction of sp³-hybridized carbons (Fsp3) is 0.371. The SMILES string of the molecule is CC(C)COC(=O)c1ccc(NC(=O)CCCCCN2C(=O)[C@H]3[C@H](C2=O)C2(Cl)c4ccccc4C3(Cl)c3ccccc32)cc1. The van der Waals surface area contributed by atoms with Crippen LogP contribution in [0.15, 0.2) is 72.8 Å². The fourth-order valence-electron chi connectivity index (χ4n) is 6.92. The topological polar surface area (TPSA) is 92.8 Å². The lowest BCUT2D eigenvalue weighted by Crippen LogP contribution is -2.57. The van der Waals surface area contributed by atoms with Crippen LogP contribution in [0.5, 0.6) is 0 Å². The van der Waals surface area contributed by atoms with E-state index in [0.717, 1.165) is 22.3 Å². The lowest BCUT2D eigenvalue weighted by atomic mass is 9.54. The van der Waals surface area contributed by atoms with Gasteiger partial charge in [0.2, 0.25) is 17.7 Å². The number of nitrogens with zero attached hydrogens (tertiary/aromatic N) is 1. The number of ether oxygens (including phenoxy) is 1. The van der Waals surface area contributed by atoms with Crippen molar-refractivity contribution in [2.24, 2.45) is 17.8 Å². The highest BCUT2D eigenvalue weighted by Crippen LogP contribution is 2.69. The third-order valence-electron chi connectivity index (χ3n) is 8.91. The molecular formula is C35H34Cl2N2O5. The Morgan fingerprint density at radius 2 is 1.30 bits per heavy atom. The first-order valence-electron chi connectivity index (χ1n) is 15.1. The van der Waals surface area contributed by atoms with E-state index in [1.165, 1.54) is 4.90 Å². The Morgan fingerprint density at radius 1 is 0.795 bits per heavy atom. The Bertz CT molecular complexity index is 1510. The standard InChI is InChI=1S/C35H34Cl2N2O5/c1-21(2)20-44-33(43)22-15-17-23(18-16-22)38-28(40)14-4-3-9-19-39-31(41)29-30(32(39)42)35(37)25-11-6-5-10-24(25)34(29,36)26-12-7-8-13-27(26)35/h5-8,10-13,15-18,21,29-30H,3-4,9,14,19-20H2,1-2H3,(H,38,40)/t29-,30-,34?,35?/m1/s1. The first-order valence-corrected chi connectivity index (χ1v) is 15.8. The first kappa shape index (κ1) is 30.4. The third-order valence-corrected chi connectivity index (χ3v) is 10.2. The van der Waals surface area contributed by atoms with Crippen molar-refractivity contribution < 1.29 is 23.9 Å². The number of anilines is 1. The van der Waals surface area contributed by atoms with Crippen LogP contribution in [0.4, 0.5) is 5.69 Å². The minimum absolute atomic E-state index is 0.153. The lowest BCUT2D eigenvalue weighted by molar-refractivity contribution is -0.140. The van der Waals surface area contributed by atoms with E-state index < -0.39 is 27.6 Å². The van der Waals surface area contributed by atoms with Crippen molar-refractivity contribution in [2.75, 3.05) is 18.5 Å². The molecule has 1 heterocycles. The van der Waals surface area contributed by atoms with Gasteiger partial charge in [-0.1, -0.05) is 68.8 Å². The maximum Gasteiger partial charge on any atom is 0.338 e. The highest BCUT2D eigenvalue weighted by atomic mass is 35.5. The molecule has 9 heteroatoms. The smallest absolute Gasteiger partial charge is 0.338 e. The summed E-state index contributed by atoms with van der Waals surface area (Å²) in [4.78, 5) is 51.3. The van der Waals surface area contributed by atoms with E-state index >= 15 is 0 Å². The summed E-state index contributed by atoms with van der Waals surface area (Å²) >= 11 is 14.9. The molecule has 7 nitrogen and oxygen atoms in total. The second-order valence-corrected chi connectivity index (χ2v) is 13.4. The van der Waals surface area contributed by atoms with Crippen LogP contribution in [0.2, 0.25) is 0 Å². The summed E-state index contributed by atoms with van der Waals surface area (Å²) in [6.07, 6.45) is 2.08. The highest BCUT2D eigenvalue weighted by Gasteiger charge is 2.72. The van der Waals surface area contributed by atoms with Gasteiger partial charge < -0.3 is 10.1 Å². The molecule has 1 fully saturated rings. The summed E-state index contributed by atoms with van der Waals surface area (Å²) in [5.41, 5.74) is 4.15. The number of likely N-dealkylation sites (tertiary alicyclic amines) is 1. The van der Waals surface area contributed by atoms with Crippen molar-refractivity contribution in [1.82, 2.24) is 4.90 Å². The van der Waals surface area contributed by atoms with E-state index in [-0.39, 0.29) is 36.6 Å². The number of carbonyl (C=O) groups excluding carboxylic acids is 4. The Labute approximate surface area is 266 Å². The molecule has 2 atom stereocenters. The van der Waals surface area contributed by atoms with Gasteiger partial charge in [0.05, 0.1) is 24.0 Å². The monoisotopic (exact) mass is 632 g/mol. The number of amides is 3. The molecular weight excluding hydrogens is 599 g/mol. The average Bonchev–Trinajstić information content (AvgIpc) is 3.29. The summed E-state index contributed by atoms with van der Waals surface area (Å²) in [5, 5.41) is 2.84. The van der Waals surface area contributed by atoms with E-state index in [4.69, 9.17) is 27.9 Å². The highest BCUT2D eigenvalue weighted by molar-refractivity contribution is 6.36. The number of halogens is 2. The van der Waals surface area contributed by atoms with Crippen LogP contribution in [0.25, 0.3) is 0 Å². The Hall–Kier alpha value is -3.68. The molecule has 3 amide bonds. The van der Waals surface area contributed by atoms with Crippen LogP contribution in [-0.4, -0.2) is 41.7 Å². The number of rotatable bonds is 10. The number of carbonyl (C=O) groups is 4. The number of hydrogen-bond donors (Lipinski definition) is 1. The molecule has 4 aliphatic rings. The predicted octanol–water partition coefficient (Wildman–Crippen LogP) is 6.59. The van der Waals surface area contributed by atoms with Gasteiger partial charge in [0.25, 0.3) is 0 Å². The van der Waals surface area contributed by atoms with E-state index in [9.17, 15) is 19.2 Å². The molecule has 3 aromatic carbocycles. The molecule has 0 aromatic heterocycles. The maximum absolute atomic E-state index is 13.9. The maximum atomic E-state index is 13.9. The molecule has 3 aromatic rings. The Balaban J connectivity index is 1.05. The van der Waals surface area contributed by atoms with Gasteiger partial charge in [-0.3, -0.25) is 19.3 Å². The quantitative estimate of drug-likeness (QED) is 0.118. The van der Waals surface area contributed by atoms with Crippen molar-refractivity contribution in [2.45, 2.75) is 49.3 Å². The van der Waals surface area contributed by atoms with Gasteiger partial charge in [0, 0.05) is 18.7 Å². The van der Waals surface area contributed by atoms with Crippen LogP contribution in [0.3, 0.4) is 0 Å². The Morgan fingerprint density at radius 3 is 1.77 bits per heavy atom. The summed E-state index contributed by atoms with van der Waals surface area (Å²) in [7, 11) is 0. The molecule has 0 unspecified atom stereocenters. The molecule has 1 aliphatic heterocycles. The molecule has 0 radical (unpaired) electrons. The number of benzene rings is 3. The summed E-state index contributed by atoms with van der Waals surface area (Å²) in [6.45, 7) is 4.53.